The molecule has 3 N–H and O–H groups in total. The second kappa shape index (κ2) is 8.86. The number of anilines is 1. The van der Waals surface area contributed by atoms with Gasteiger partial charge in [-0.05, 0) is 33.6 Å². The number of thiazole rings is 1. The SMILES string of the molecule is I.NC(=NCc1ccc(O)c(Br)c1)N1CCN(c2nccs2)CC1. The summed E-state index contributed by atoms with van der Waals surface area (Å²) >= 11 is 4.96. The van der Waals surface area contributed by atoms with E-state index in [2.05, 4.69) is 35.7 Å². The Bertz CT molecular complexity index is 689. The molecule has 6 nitrogen and oxygen atoms in total. The Hall–Kier alpha value is -1.07. The van der Waals surface area contributed by atoms with Crippen molar-refractivity contribution in [2.24, 2.45) is 10.7 Å². The molecule has 24 heavy (non-hydrogen) atoms. The Morgan fingerprint density at radius 2 is 2.08 bits per heavy atom. The summed E-state index contributed by atoms with van der Waals surface area (Å²) in [5, 5.41) is 12.6. The number of halogens is 2. The second-order valence-corrected chi connectivity index (χ2v) is 6.98. The van der Waals surface area contributed by atoms with Crippen LogP contribution >= 0.6 is 51.2 Å². The highest BCUT2D eigenvalue weighted by molar-refractivity contribution is 14.0. The lowest BCUT2D eigenvalue weighted by atomic mass is 10.2. The highest BCUT2D eigenvalue weighted by atomic mass is 127. The van der Waals surface area contributed by atoms with Crippen molar-refractivity contribution in [1.29, 1.82) is 0 Å². The molecular formula is C15H19BrIN5OS. The first-order valence-electron chi connectivity index (χ1n) is 7.30. The number of nitrogens with zero attached hydrogens (tertiary/aromatic N) is 4. The lowest BCUT2D eigenvalue weighted by molar-refractivity contribution is 0.380. The number of piperazine rings is 1. The van der Waals surface area contributed by atoms with Crippen LogP contribution in [0.2, 0.25) is 0 Å². The van der Waals surface area contributed by atoms with E-state index in [1.54, 1.807) is 17.4 Å². The maximum absolute atomic E-state index is 9.50. The van der Waals surface area contributed by atoms with Gasteiger partial charge >= 0.3 is 0 Å². The first-order chi connectivity index (χ1) is 11.1. The molecule has 130 valence electrons. The van der Waals surface area contributed by atoms with Gasteiger partial charge < -0.3 is 20.6 Å². The van der Waals surface area contributed by atoms with E-state index in [4.69, 9.17) is 5.73 Å². The summed E-state index contributed by atoms with van der Waals surface area (Å²) in [6, 6.07) is 5.35. The smallest absolute Gasteiger partial charge is 0.191 e. The van der Waals surface area contributed by atoms with Gasteiger partial charge in [-0.3, -0.25) is 0 Å². The third-order valence-corrected chi connectivity index (χ3v) is 5.20. The van der Waals surface area contributed by atoms with Gasteiger partial charge in [0.05, 0.1) is 11.0 Å². The number of phenols is 1. The molecule has 0 unspecified atom stereocenters. The number of phenolic OH excluding ortho intramolecular Hbond substituents is 1. The molecule has 3 rings (SSSR count). The number of aromatic hydroxyl groups is 1. The Labute approximate surface area is 170 Å². The van der Waals surface area contributed by atoms with E-state index in [-0.39, 0.29) is 29.7 Å². The summed E-state index contributed by atoms with van der Waals surface area (Å²) in [7, 11) is 0. The molecule has 0 spiro atoms. The molecule has 1 aliphatic rings. The maximum Gasteiger partial charge on any atom is 0.191 e. The predicted molar refractivity (Wildman–Crippen MR) is 112 cm³/mol. The predicted octanol–water partition coefficient (Wildman–Crippen LogP) is 2.87. The molecule has 0 saturated carbocycles. The van der Waals surface area contributed by atoms with Crippen molar-refractivity contribution in [3.8, 4) is 5.75 Å². The van der Waals surface area contributed by atoms with Crippen LogP contribution in [0.4, 0.5) is 5.13 Å². The number of aromatic nitrogens is 1. The van der Waals surface area contributed by atoms with Gasteiger partial charge in [0.2, 0.25) is 0 Å². The van der Waals surface area contributed by atoms with Crippen LogP contribution in [0.15, 0.2) is 39.2 Å². The normalized spacial score (nSPS) is 15.3. The van der Waals surface area contributed by atoms with E-state index in [9.17, 15) is 5.11 Å². The Morgan fingerprint density at radius 1 is 1.33 bits per heavy atom. The molecule has 0 aliphatic carbocycles. The Morgan fingerprint density at radius 3 is 2.71 bits per heavy atom. The van der Waals surface area contributed by atoms with Crippen LogP contribution in [0.1, 0.15) is 5.56 Å². The maximum atomic E-state index is 9.50. The summed E-state index contributed by atoms with van der Waals surface area (Å²) < 4.78 is 0.667. The summed E-state index contributed by atoms with van der Waals surface area (Å²) in [6.07, 6.45) is 1.83. The summed E-state index contributed by atoms with van der Waals surface area (Å²) in [5.74, 6) is 0.789. The molecular weight excluding hydrogens is 505 g/mol. The number of nitrogens with two attached hydrogens (primary N) is 1. The highest BCUT2D eigenvalue weighted by Crippen LogP contribution is 2.24. The number of aliphatic imine (C=N–C) groups is 1. The average molecular weight is 524 g/mol. The Balaban J connectivity index is 0.00000208. The second-order valence-electron chi connectivity index (χ2n) is 5.25. The first kappa shape index (κ1) is 19.3. The van der Waals surface area contributed by atoms with Gasteiger partial charge in [-0.15, -0.1) is 35.3 Å². The Kier molecular flexibility index (Phi) is 7.11. The molecule has 1 aromatic carbocycles. The molecule has 1 fully saturated rings. The van der Waals surface area contributed by atoms with Gasteiger partial charge in [0.25, 0.3) is 0 Å². The van der Waals surface area contributed by atoms with E-state index in [0.717, 1.165) is 36.9 Å². The fraction of sp³-hybridized carbons (Fsp3) is 0.333. The number of hydrogen-bond acceptors (Lipinski definition) is 5. The van der Waals surface area contributed by atoms with Crippen LogP contribution < -0.4 is 10.6 Å². The lowest BCUT2D eigenvalue weighted by Crippen LogP contribution is -2.51. The average Bonchev–Trinajstić information content (AvgIpc) is 3.10. The molecule has 0 atom stereocenters. The van der Waals surface area contributed by atoms with Gasteiger partial charge in [0, 0.05) is 37.8 Å². The first-order valence-corrected chi connectivity index (χ1v) is 8.97. The van der Waals surface area contributed by atoms with Crippen molar-refractivity contribution in [1.82, 2.24) is 9.88 Å². The minimum Gasteiger partial charge on any atom is -0.507 e. The molecule has 9 heteroatoms. The van der Waals surface area contributed by atoms with Crippen LogP contribution in [-0.2, 0) is 6.54 Å². The summed E-state index contributed by atoms with van der Waals surface area (Å²) in [4.78, 5) is 13.2. The van der Waals surface area contributed by atoms with Crippen LogP contribution in [-0.4, -0.2) is 47.1 Å². The minimum absolute atomic E-state index is 0. The number of benzene rings is 1. The van der Waals surface area contributed by atoms with Gasteiger partial charge in [-0.2, -0.15) is 0 Å². The van der Waals surface area contributed by atoms with Crippen molar-refractivity contribution in [2.45, 2.75) is 6.54 Å². The number of rotatable bonds is 3. The van der Waals surface area contributed by atoms with Gasteiger partial charge in [-0.1, -0.05) is 6.07 Å². The van der Waals surface area contributed by atoms with Crippen LogP contribution in [0.3, 0.4) is 0 Å². The monoisotopic (exact) mass is 523 g/mol. The zero-order valence-corrected chi connectivity index (χ0v) is 17.7. The fourth-order valence-corrected chi connectivity index (χ4v) is 3.54. The van der Waals surface area contributed by atoms with Crippen LogP contribution in [0, 0.1) is 0 Å². The molecule has 0 bridgehead atoms. The van der Waals surface area contributed by atoms with Crippen molar-refractivity contribution >= 4 is 62.3 Å². The summed E-state index contributed by atoms with van der Waals surface area (Å²) in [5.41, 5.74) is 7.11. The zero-order valence-electron chi connectivity index (χ0n) is 12.9. The van der Waals surface area contributed by atoms with Gasteiger partial charge in [0.15, 0.2) is 11.1 Å². The van der Waals surface area contributed by atoms with Crippen molar-refractivity contribution < 1.29 is 5.11 Å². The topological polar surface area (TPSA) is 78.0 Å². The van der Waals surface area contributed by atoms with E-state index in [0.29, 0.717) is 17.0 Å². The molecule has 0 amide bonds. The standard InChI is InChI=1S/C15H18BrN5OS.HI/c16-12-9-11(1-2-13(12)22)10-19-14(17)20-4-6-21(7-5-20)15-18-3-8-23-15;/h1-3,8-9,22H,4-7,10H2,(H2,17,19);1H. The van der Waals surface area contributed by atoms with E-state index in [1.807, 2.05) is 23.7 Å². The van der Waals surface area contributed by atoms with Crippen molar-refractivity contribution in [2.75, 3.05) is 31.1 Å². The highest BCUT2D eigenvalue weighted by Gasteiger charge is 2.19. The molecule has 1 aromatic heterocycles. The van der Waals surface area contributed by atoms with Crippen molar-refractivity contribution in [3.05, 3.63) is 39.8 Å². The number of guanidine groups is 1. The third kappa shape index (κ3) is 4.73. The molecule has 2 heterocycles. The van der Waals surface area contributed by atoms with Gasteiger partial charge in [0.1, 0.15) is 5.75 Å². The zero-order chi connectivity index (χ0) is 16.2. The van der Waals surface area contributed by atoms with Gasteiger partial charge in [-0.25, -0.2) is 9.98 Å². The number of hydrogen-bond donors (Lipinski definition) is 2. The summed E-state index contributed by atoms with van der Waals surface area (Å²) in [6.45, 7) is 3.97. The minimum atomic E-state index is 0. The van der Waals surface area contributed by atoms with E-state index >= 15 is 0 Å². The third-order valence-electron chi connectivity index (χ3n) is 3.73. The van der Waals surface area contributed by atoms with E-state index in [1.165, 1.54) is 0 Å². The molecule has 1 saturated heterocycles. The van der Waals surface area contributed by atoms with Crippen LogP contribution in [0.25, 0.3) is 0 Å². The quantitative estimate of drug-likeness (QED) is 0.367. The van der Waals surface area contributed by atoms with Crippen molar-refractivity contribution in [3.63, 3.8) is 0 Å². The molecule has 1 aliphatic heterocycles. The van der Waals surface area contributed by atoms with Crippen LogP contribution in [0.5, 0.6) is 5.75 Å². The fourth-order valence-electron chi connectivity index (χ4n) is 2.42. The van der Waals surface area contributed by atoms with E-state index < -0.39 is 0 Å². The molecule has 2 aromatic rings. The lowest BCUT2D eigenvalue weighted by Gasteiger charge is -2.35. The molecule has 0 radical (unpaired) electrons. The largest absolute Gasteiger partial charge is 0.507 e.